The summed E-state index contributed by atoms with van der Waals surface area (Å²) in [6.45, 7) is 0. The Balaban J connectivity index is 1.47. The van der Waals surface area contributed by atoms with Crippen LogP contribution in [0.25, 0.3) is 11.7 Å². The molecule has 1 saturated heterocycles. The first kappa shape index (κ1) is 18.9. The van der Waals surface area contributed by atoms with Crippen molar-refractivity contribution in [1.29, 1.82) is 0 Å². The third-order valence-corrected chi connectivity index (χ3v) is 5.58. The molecule has 2 aromatic rings. The molecule has 158 valence electrons. The number of imide groups is 1. The summed E-state index contributed by atoms with van der Waals surface area (Å²) in [7, 11) is 0. The van der Waals surface area contributed by atoms with Gasteiger partial charge in [0.1, 0.15) is 0 Å². The van der Waals surface area contributed by atoms with Crippen LogP contribution in [0, 0.1) is 0 Å². The van der Waals surface area contributed by atoms with Gasteiger partial charge in [-0.15, -0.1) is 0 Å². The molecule has 2 aliphatic carbocycles. The van der Waals surface area contributed by atoms with Crippen LogP contribution in [0.4, 0.5) is 20.7 Å². The number of nitrogens with one attached hydrogen (secondary N) is 3. The number of anilines is 2. The molecule has 0 aromatic carbocycles. The van der Waals surface area contributed by atoms with Gasteiger partial charge in [0.15, 0.2) is 5.65 Å². The third kappa shape index (κ3) is 3.83. The summed E-state index contributed by atoms with van der Waals surface area (Å²) in [4.78, 5) is 32.4. The number of aromatic nitrogens is 4. The zero-order valence-corrected chi connectivity index (χ0v) is 16.1. The SMILES string of the molecule is O=C1C/C(=C\c2cnn3c(NC4CC4)nc(NC4CCC(F)(F)CC4)nc23)C(=O)N1. The summed E-state index contributed by atoms with van der Waals surface area (Å²) in [5.74, 6) is -2.54. The number of amides is 2. The van der Waals surface area contributed by atoms with Gasteiger partial charge < -0.3 is 10.6 Å². The van der Waals surface area contributed by atoms with Gasteiger partial charge in [0.25, 0.3) is 5.91 Å². The summed E-state index contributed by atoms with van der Waals surface area (Å²) in [6.07, 6.45) is 5.60. The van der Waals surface area contributed by atoms with E-state index in [0.717, 1.165) is 12.8 Å². The van der Waals surface area contributed by atoms with E-state index in [2.05, 4.69) is 31.0 Å². The van der Waals surface area contributed by atoms with Crippen molar-refractivity contribution >= 4 is 35.4 Å². The predicted octanol–water partition coefficient (Wildman–Crippen LogP) is 2.12. The molecule has 3 aliphatic rings. The summed E-state index contributed by atoms with van der Waals surface area (Å²) in [5, 5.41) is 13.1. The first-order valence-corrected chi connectivity index (χ1v) is 10.1. The summed E-state index contributed by atoms with van der Waals surface area (Å²) in [6, 6.07) is 0.178. The van der Waals surface area contributed by atoms with Gasteiger partial charge in [-0.1, -0.05) is 0 Å². The fourth-order valence-electron chi connectivity index (χ4n) is 3.74. The van der Waals surface area contributed by atoms with Crippen LogP contribution >= 0.6 is 0 Å². The number of alkyl halides is 2. The van der Waals surface area contributed by atoms with E-state index in [4.69, 9.17) is 0 Å². The van der Waals surface area contributed by atoms with Crippen LogP contribution in [0.3, 0.4) is 0 Å². The van der Waals surface area contributed by atoms with E-state index in [0.29, 0.717) is 47.6 Å². The van der Waals surface area contributed by atoms with Crippen LogP contribution in [0.2, 0.25) is 0 Å². The van der Waals surface area contributed by atoms with E-state index in [-0.39, 0.29) is 31.2 Å². The van der Waals surface area contributed by atoms with Gasteiger partial charge in [0.2, 0.25) is 23.7 Å². The number of hydrogen-bond donors (Lipinski definition) is 3. The van der Waals surface area contributed by atoms with Crippen molar-refractivity contribution in [3.05, 3.63) is 17.3 Å². The number of rotatable bonds is 5. The highest BCUT2D eigenvalue weighted by Crippen LogP contribution is 2.34. The van der Waals surface area contributed by atoms with E-state index in [1.165, 1.54) is 0 Å². The second-order valence-electron chi connectivity index (χ2n) is 8.12. The monoisotopic (exact) mass is 417 g/mol. The van der Waals surface area contributed by atoms with Crippen molar-refractivity contribution in [2.45, 2.75) is 63.0 Å². The maximum absolute atomic E-state index is 13.5. The lowest BCUT2D eigenvalue weighted by Gasteiger charge is -2.28. The lowest BCUT2D eigenvalue weighted by atomic mass is 9.92. The van der Waals surface area contributed by atoms with E-state index in [1.54, 1.807) is 16.8 Å². The molecular weight excluding hydrogens is 396 g/mol. The molecule has 3 fully saturated rings. The van der Waals surface area contributed by atoms with Crippen LogP contribution in [0.5, 0.6) is 0 Å². The van der Waals surface area contributed by atoms with Gasteiger partial charge in [-0.05, 0) is 31.8 Å². The molecule has 0 atom stereocenters. The van der Waals surface area contributed by atoms with Gasteiger partial charge in [-0.25, -0.2) is 8.78 Å². The quantitative estimate of drug-likeness (QED) is 0.504. The standard InChI is InChI=1S/C19H21F2N7O2/c20-19(21)5-3-13(4-6-19)23-17-26-15-11(7-10-8-14(29)25-16(10)30)9-22-28(15)18(27-17)24-12-1-2-12/h7,9,12-13H,1-6,8H2,(H,25,29,30)(H2,23,24,26,27)/b10-7+. The molecule has 0 unspecified atom stereocenters. The van der Waals surface area contributed by atoms with Gasteiger partial charge in [-0.2, -0.15) is 19.6 Å². The van der Waals surface area contributed by atoms with Crippen LogP contribution < -0.4 is 16.0 Å². The molecule has 0 spiro atoms. The molecule has 30 heavy (non-hydrogen) atoms. The molecule has 3 heterocycles. The molecule has 1 aliphatic heterocycles. The first-order valence-electron chi connectivity index (χ1n) is 10.1. The van der Waals surface area contributed by atoms with Crippen molar-refractivity contribution in [3.8, 4) is 0 Å². The molecule has 11 heteroatoms. The molecule has 9 nitrogen and oxygen atoms in total. The van der Waals surface area contributed by atoms with E-state index >= 15 is 0 Å². The maximum atomic E-state index is 13.5. The number of fused-ring (bicyclic) bond motifs is 1. The molecule has 0 radical (unpaired) electrons. The van der Waals surface area contributed by atoms with Crippen LogP contribution in [0.1, 0.15) is 50.5 Å². The van der Waals surface area contributed by atoms with Crippen LogP contribution in [-0.2, 0) is 9.59 Å². The summed E-state index contributed by atoms with van der Waals surface area (Å²) < 4.78 is 28.5. The average Bonchev–Trinajstić information content (AvgIpc) is 3.32. The number of carbonyl (C=O) groups is 2. The van der Waals surface area contributed by atoms with Gasteiger partial charge in [-0.3, -0.25) is 14.9 Å². The summed E-state index contributed by atoms with van der Waals surface area (Å²) in [5.41, 5.74) is 1.39. The number of hydrogen-bond acceptors (Lipinski definition) is 7. The highest BCUT2D eigenvalue weighted by molar-refractivity contribution is 6.15. The predicted molar refractivity (Wildman–Crippen MR) is 104 cm³/mol. The van der Waals surface area contributed by atoms with E-state index < -0.39 is 11.8 Å². The van der Waals surface area contributed by atoms with Gasteiger partial charge in [0, 0.05) is 36.1 Å². The minimum Gasteiger partial charge on any atom is -0.351 e. The Labute approximate surface area is 170 Å². The normalized spacial score (nSPS) is 23.2. The highest BCUT2D eigenvalue weighted by Gasteiger charge is 2.35. The fourth-order valence-corrected chi connectivity index (χ4v) is 3.74. The van der Waals surface area contributed by atoms with Crippen molar-refractivity contribution < 1.29 is 18.4 Å². The first-order chi connectivity index (χ1) is 14.4. The highest BCUT2D eigenvalue weighted by atomic mass is 19.3. The lowest BCUT2D eigenvalue weighted by molar-refractivity contribution is -0.124. The fraction of sp³-hybridized carbons (Fsp3) is 0.526. The number of halogens is 2. The molecule has 0 bridgehead atoms. The Hall–Kier alpha value is -3.11. The minimum absolute atomic E-state index is 0.00975. The Kier molecular flexibility index (Phi) is 4.40. The van der Waals surface area contributed by atoms with Crippen molar-refractivity contribution in [2.75, 3.05) is 10.6 Å². The van der Waals surface area contributed by atoms with Crippen LogP contribution in [0.15, 0.2) is 11.8 Å². The smallest absolute Gasteiger partial charge is 0.254 e. The molecular formula is C19H21F2N7O2. The molecule has 2 saturated carbocycles. The van der Waals surface area contributed by atoms with Gasteiger partial charge >= 0.3 is 0 Å². The lowest BCUT2D eigenvalue weighted by Crippen LogP contribution is -2.32. The Morgan fingerprint density at radius 2 is 1.83 bits per heavy atom. The average molecular weight is 417 g/mol. The van der Waals surface area contributed by atoms with Crippen molar-refractivity contribution in [2.24, 2.45) is 0 Å². The van der Waals surface area contributed by atoms with E-state index in [1.807, 2.05) is 0 Å². The Morgan fingerprint density at radius 3 is 2.50 bits per heavy atom. The Morgan fingerprint density at radius 1 is 1.10 bits per heavy atom. The van der Waals surface area contributed by atoms with Crippen molar-refractivity contribution in [1.82, 2.24) is 24.9 Å². The molecule has 2 aromatic heterocycles. The van der Waals surface area contributed by atoms with Crippen LogP contribution in [-0.4, -0.2) is 49.4 Å². The number of nitrogens with zero attached hydrogens (tertiary/aromatic N) is 4. The molecule has 3 N–H and O–H groups in total. The second-order valence-corrected chi connectivity index (χ2v) is 8.12. The summed E-state index contributed by atoms with van der Waals surface area (Å²) >= 11 is 0. The number of carbonyl (C=O) groups excluding carboxylic acids is 2. The molecule has 2 amide bonds. The zero-order valence-electron chi connectivity index (χ0n) is 16.1. The maximum Gasteiger partial charge on any atom is 0.254 e. The third-order valence-electron chi connectivity index (χ3n) is 5.58. The minimum atomic E-state index is -2.61. The molecule has 5 rings (SSSR count). The largest absolute Gasteiger partial charge is 0.351 e. The second kappa shape index (κ2) is 6.99. The topological polar surface area (TPSA) is 113 Å². The zero-order chi connectivity index (χ0) is 20.9. The Bertz CT molecular complexity index is 1050. The van der Waals surface area contributed by atoms with E-state index in [9.17, 15) is 18.4 Å². The van der Waals surface area contributed by atoms with Gasteiger partial charge in [0.05, 0.1) is 12.6 Å². The van der Waals surface area contributed by atoms with Crippen molar-refractivity contribution in [3.63, 3.8) is 0 Å².